The van der Waals surface area contributed by atoms with Crippen molar-refractivity contribution < 1.29 is 9.59 Å². The third kappa shape index (κ3) is 5.66. The lowest BCUT2D eigenvalue weighted by atomic mass is 10.2. The Morgan fingerprint density at radius 1 is 1.08 bits per heavy atom. The van der Waals surface area contributed by atoms with Gasteiger partial charge in [-0.05, 0) is 42.8 Å². The monoisotopic (exact) mass is 379 g/mol. The van der Waals surface area contributed by atoms with E-state index in [4.69, 9.17) is 23.2 Å². The van der Waals surface area contributed by atoms with Crippen LogP contribution in [0.25, 0.3) is 0 Å². The molecule has 0 radical (unpaired) electrons. The standard InChI is InChI=1S/C18H19Cl2N3O2/c1-12-9-13(19)7-8-15(12)21-10-18(25)23(2)11-17(24)22-16-6-4-3-5-14(16)20/h3-9,21H,10-11H2,1-2H3,(H,22,24). The van der Waals surface area contributed by atoms with Crippen LogP contribution in [0.3, 0.4) is 0 Å². The van der Waals surface area contributed by atoms with Crippen LogP contribution < -0.4 is 10.6 Å². The van der Waals surface area contributed by atoms with Gasteiger partial charge in [0.15, 0.2) is 0 Å². The fourth-order valence-corrected chi connectivity index (χ4v) is 2.60. The summed E-state index contributed by atoms with van der Waals surface area (Å²) in [6, 6.07) is 12.3. The van der Waals surface area contributed by atoms with E-state index < -0.39 is 0 Å². The zero-order valence-corrected chi connectivity index (χ0v) is 15.5. The van der Waals surface area contributed by atoms with Crippen LogP contribution in [-0.2, 0) is 9.59 Å². The number of carbonyl (C=O) groups excluding carboxylic acids is 2. The van der Waals surface area contributed by atoms with Crippen LogP contribution in [0.5, 0.6) is 0 Å². The highest BCUT2D eigenvalue weighted by atomic mass is 35.5. The Balaban J connectivity index is 1.85. The summed E-state index contributed by atoms with van der Waals surface area (Å²) < 4.78 is 0. The number of hydrogen-bond acceptors (Lipinski definition) is 3. The summed E-state index contributed by atoms with van der Waals surface area (Å²) in [5.74, 6) is -0.518. The summed E-state index contributed by atoms with van der Waals surface area (Å²) in [7, 11) is 1.57. The molecular weight excluding hydrogens is 361 g/mol. The largest absolute Gasteiger partial charge is 0.376 e. The van der Waals surface area contributed by atoms with Crippen molar-refractivity contribution in [1.82, 2.24) is 4.90 Å². The van der Waals surface area contributed by atoms with Gasteiger partial charge in [0, 0.05) is 17.8 Å². The predicted octanol–water partition coefficient (Wildman–Crippen LogP) is 3.81. The summed E-state index contributed by atoms with van der Waals surface area (Å²) in [6.45, 7) is 1.92. The molecule has 0 heterocycles. The molecule has 5 nitrogen and oxygen atoms in total. The zero-order chi connectivity index (χ0) is 18.4. The maximum absolute atomic E-state index is 12.2. The van der Waals surface area contributed by atoms with E-state index in [1.807, 2.05) is 19.1 Å². The Labute approximate surface area is 156 Å². The maximum Gasteiger partial charge on any atom is 0.244 e. The molecule has 132 valence electrons. The minimum atomic E-state index is -0.313. The molecule has 25 heavy (non-hydrogen) atoms. The van der Waals surface area contributed by atoms with Crippen molar-refractivity contribution in [1.29, 1.82) is 0 Å². The first-order chi connectivity index (χ1) is 11.9. The van der Waals surface area contributed by atoms with Crippen LogP contribution in [0.15, 0.2) is 42.5 Å². The van der Waals surface area contributed by atoms with Crippen LogP contribution in [0.2, 0.25) is 10.0 Å². The molecule has 2 aromatic carbocycles. The molecular formula is C18H19Cl2N3O2. The first-order valence-corrected chi connectivity index (χ1v) is 8.41. The SMILES string of the molecule is Cc1cc(Cl)ccc1NCC(=O)N(C)CC(=O)Nc1ccccc1Cl. The van der Waals surface area contributed by atoms with Gasteiger partial charge in [-0.3, -0.25) is 9.59 Å². The van der Waals surface area contributed by atoms with Crippen LogP contribution in [0.4, 0.5) is 11.4 Å². The van der Waals surface area contributed by atoms with Gasteiger partial charge in [0.2, 0.25) is 11.8 Å². The van der Waals surface area contributed by atoms with Crippen LogP contribution in [0, 0.1) is 6.92 Å². The third-order valence-electron chi connectivity index (χ3n) is 3.57. The van der Waals surface area contributed by atoms with Crippen LogP contribution in [-0.4, -0.2) is 36.9 Å². The highest BCUT2D eigenvalue weighted by Gasteiger charge is 2.14. The van der Waals surface area contributed by atoms with Gasteiger partial charge in [-0.25, -0.2) is 0 Å². The highest BCUT2D eigenvalue weighted by Crippen LogP contribution is 2.20. The predicted molar refractivity (Wildman–Crippen MR) is 102 cm³/mol. The number of anilines is 2. The summed E-state index contributed by atoms with van der Waals surface area (Å²) in [5, 5.41) is 6.83. The van der Waals surface area contributed by atoms with Crippen molar-refractivity contribution in [2.45, 2.75) is 6.92 Å². The van der Waals surface area contributed by atoms with Gasteiger partial charge < -0.3 is 15.5 Å². The second kappa shape index (κ2) is 8.74. The van der Waals surface area contributed by atoms with Crippen molar-refractivity contribution >= 4 is 46.4 Å². The molecule has 0 saturated heterocycles. The van der Waals surface area contributed by atoms with Crippen molar-refractivity contribution in [2.24, 2.45) is 0 Å². The first kappa shape index (κ1) is 19.1. The lowest BCUT2D eigenvalue weighted by molar-refractivity contribution is -0.131. The Hall–Kier alpha value is -2.24. The first-order valence-electron chi connectivity index (χ1n) is 7.65. The molecule has 2 amide bonds. The van der Waals surface area contributed by atoms with E-state index in [0.29, 0.717) is 15.7 Å². The third-order valence-corrected chi connectivity index (χ3v) is 4.14. The fraction of sp³-hybridized carbons (Fsp3) is 0.222. The lowest BCUT2D eigenvalue weighted by Gasteiger charge is -2.18. The number of nitrogens with zero attached hydrogens (tertiary/aromatic N) is 1. The van der Waals surface area contributed by atoms with E-state index in [9.17, 15) is 9.59 Å². The molecule has 0 aliphatic heterocycles. The number of para-hydroxylation sites is 1. The van der Waals surface area contributed by atoms with Gasteiger partial charge >= 0.3 is 0 Å². The number of likely N-dealkylation sites (N-methyl/N-ethyl adjacent to an activating group) is 1. The number of hydrogen-bond donors (Lipinski definition) is 2. The average Bonchev–Trinajstić information content (AvgIpc) is 2.55. The Kier molecular flexibility index (Phi) is 6.67. The molecule has 0 spiro atoms. The Bertz CT molecular complexity index is 781. The number of nitrogens with one attached hydrogen (secondary N) is 2. The summed E-state index contributed by atoms with van der Waals surface area (Å²) in [4.78, 5) is 25.6. The van der Waals surface area contributed by atoms with E-state index in [0.717, 1.165) is 11.3 Å². The second-order valence-corrected chi connectivity index (χ2v) is 6.43. The minimum absolute atomic E-state index is 0.0642. The second-order valence-electron chi connectivity index (χ2n) is 5.59. The Morgan fingerprint density at radius 3 is 2.48 bits per heavy atom. The number of amides is 2. The van der Waals surface area contributed by atoms with Crippen LogP contribution in [0.1, 0.15) is 5.56 Å². The molecule has 0 aliphatic rings. The maximum atomic E-state index is 12.2. The zero-order valence-electron chi connectivity index (χ0n) is 14.0. The number of halogens is 2. The molecule has 0 bridgehead atoms. The van der Waals surface area contributed by atoms with Gasteiger partial charge in [0.25, 0.3) is 0 Å². The minimum Gasteiger partial charge on any atom is -0.376 e. The highest BCUT2D eigenvalue weighted by molar-refractivity contribution is 6.33. The number of carbonyl (C=O) groups is 2. The molecule has 2 N–H and O–H groups in total. The van der Waals surface area contributed by atoms with E-state index in [-0.39, 0.29) is 24.9 Å². The van der Waals surface area contributed by atoms with Crippen molar-refractivity contribution in [3.8, 4) is 0 Å². The van der Waals surface area contributed by atoms with E-state index in [2.05, 4.69) is 10.6 Å². The smallest absolute Gasteiger partial charge is 0.244 e. The average molecular weight is 380 g/mol. The lowest BCUT2D eigenvalue weighted by Crippen LogP contribution is -2.38. The Morgan fingerprint density at radius 2 is 1.80 bits per heavy atom. The summed E-state index contributed by atoms with van der Waals surface area (Å²) in [5.41, 5.74) is 2.29. The quantitative estimate of drug-likeness (QED) is 0.801. The van der Waals surface area contributed by atoms with E-state index in [1.165, 1.54) is 4.90 Å². The van der Waals surface area contributed by atoms with Gasteiger partial charge in [0.1, 0.15) is 0 Å². The molecule has 0 aliphatic carbocycles. The summed E-state index contributed by atoms with van der Waals surface area (Å²) >= 11 is 11.9. The fourth-order valence-electron chi connectivity index (χ4n) is 2.19. The van der Waals surface area contributed by atoms with Gasteiger partial charge in [-0.15, -0.1) is 0 Å². The van der Waals surface area contributed by atoms with Gasteiger partial charge in [-0.1, -0.05) is 35.3 Å². The molecule has 0 unspecified atom stereocenters. The number of benzene rings is 2. The molecule has 0 atom stereocenters. The van der Waals surface area contributed by atoms with Gasteiger partial charge in [0.05, 0.1) is 23.8 Å². The molecule has 0 fully saturated rings. The molecule has 0 saturated carbocycles. The normalized spacial score (nSPS) is 10.2. The molecule has 2 rings (SSSR count). The molecule has 7 heteroatoms. The molecule has 2 aromatic rings. The van der Waals surface area contributed by atoms with Crippen molar-refractivity contribution in [3.05, 3.63) is 58.1 Å². The number of aryl methyl sites for hydroxylation is 1. The van der Waals surface area contributed by atoms with Crippen molar-refractivity contribution in [2.75, 3.05) is 30.8 Å². The number of rotatable bonds is 6. The summed E-state index contributed by atoms with van der Waals surface area (Å²) in [6.07, 6.45) is 0. The van der Waals surface area contributed by atoms with E-state index in [1.54, 1.807) is 37.4 Å². The van der Waals surface area contributed by atoms with Gasteiger partial charge in [-0.2, -0.15) is 0 Å². The van der Waals surface area contributed by atoms with Crippen LogP contribution >= 0.6 is 23.2 Å². The topological polar surface area (TPSA) is 61.4 Å². The van der Waals surface area contributed by atoms with Crippen molar-refractivity contribution in [3.63, 3.8) is 0 Å². The van der Waals surface area contributed by atoms with E-state index >= 15 is 0 Å². The molecule has 0 aromatic heterocycles.